The molecule has 0 radical (unpaired) electrons. The molecule has 2 heteroatoms. The smallest absolute Gasteiger partial charge is 0.137 e. The first kappa shape index (κ1) is 15.8. The van der Waals surface area contributed by atoms with Crippen molar-refractivity contribution in [1.29, 1.82) is 0 Å². The number of rotatable bonds is 7. The van der Waals surface area contributed by atoms with Gasteiger partial charge < -0.3 is 0 Å². The van der Waals surface area contributed by atoms with Gasteiger partial charge in [0.1, 0.15) is 5.78 Å². The maximum Gasteiger partial charge on any atom is 0.137 e. The minimum Gasteiger partial charge on any atom is -0.299 e. The third-order valence-corrected chi connectivity index (χ3v) is 5.05. The maximum absolute atomic E-state index is 12.1. The van der Waals surface area contributed by atoms with Gasteiger partial charge in [0.2, 0.25) is 0 Å². The van der Waals surface area contributed by atoms with Gasteiger partial charge in [-0.25, -0.2) is 0 Å². The number of ketones is 1. The number of Topliss-reactive ketones (excluding diaryl/α,β-unsaturated/α-hetero) is 1. The number of hydrogen-bond acceptors (Lipinski definition) is 1. The van der Waals surface area contributed by atoms with Crippen molar-refractivity contribution in [1.82, 2.24) is 0 Å². The lowest BCUT2D eigenvalue weighted by Crippen LogP contribution is -2.08. The van der Waals surface area contributed by atoms with Gasteiger partial charge in [-0.05, 0) is 23.5 Å². The van der Waals surface area contributed by atoms with Gasteiger partial charge in [0.05, 0.1) is 0 Å². The lowest BCUT2D eigenvalue weighted by Gasteiger charge is -2.21. The molecule has 0 N–H and O–H groups in total. The van der Waals surface area contributed by atoms with Crippen molar-refractivity contribution >= 4 is 21.7 Å². The summed E-state index contributed by atoms with van der Waals surface area (Å²) in [7, 11) is 0. The largest absolute Gasteiger partial charge is 0.299 e. The Bertz CT molecular complexity index is 421. The molecule has 0 heterocycles. The van der Waals surface area contributed by atoms with Crippen LogP contribution in [0.25, 0.3) is 0 Å². The molecule has 0 unspecified atom stereocenters. The van der Waals surface area contributed by atoms with Gasteiger partial charge >= 0.3 is 0 Å². The van der Waals surface area contributed by atoms with E-state index in [0.717, 1.165) is 24.1 Å². The van der Waals surface area contributed by atoms with E-state index in [0.29, 0.717) is 12.2 Å². The van der Waals surface area contributed by atoms with Crippen molar-refractivity contribution in [3.63, 3.8) is 0 Å². The molecule has 0 aromatic heterocycles. The Kier molecular flexibility index (Phi) is 6.78. The van der Waals surface area contributed by atoms with Crippen LogP contribution in [0.1, 0.15) is 62.5 Å². The summed E-state index contributed by atoms with van der Waals surface area (Å²) in [4.78, 5) is 12.1. The highest BCUT2D eigenvalue weighted by molar-refractivity contribution is 9.08. The van der Waals surface area contributed by atoms with Crippen LogP contribution in [0.15, 0.2) is 24.3 Å². The minimum atomic E-state index is 0.397. The summed E-state index contributed by atoms with van der Waals surface area (Å²) in [6.07, 6.45) is 10.7. The Morgan fingerprint density at radius 1 is 1.10 bits per heavy atom. The standard InChI is InChI=1S/C18H25BrO/c19-14-17-11-5-4-10-16(17)13-18(20)12-6-9-15-7-2-1-3-8-15/h4-5,10-11,15H,1-3,6-9,12-14H2. The zero-order chi connectivity index (χ0) is 14.2. The van der Waals surface area contributed by atoms with E-state index in [2.05, 4.69) is 28.1 Å². The van der Waals surface area contributed by atoms with Crippen molar-refractivity contribution in [3.8, 4) is 0 Å². The van der Waals surface area contributed by atoms with E-state index in [9.17, 15) is 4.79 Å². The van der Waals surface area contributed by atoms with Crippen LogP contribution < -0.4 is 0 Å². The molecule has 0 saturated heterocycles. The highest BCUT2D eigenvalue weighted by Gasteiger charge is 2.14. The fourth-order valence-corrected chi connectivity index (χ4v) is 3.77. The van der Waals surface area contributed by atoms with E-state index in [-0.39, 0.29) is 0 Å². The number of benzene rings is 1. The summed E-state index contributed by atoms with van der Waals surface area (Å²) in [6.45, 7) is 0. The van der Waals surface area contributed by atoms with Crippen LogP contribution in [0.4, 0.5) is 0 Å². The summed E-state index contributed by atoms with van der Waals surface area (Å²) in [5.41, 5.74) is 2.43. The van der Waals surface area contributed by atoms with E-state index in [1.807, 2.05) is 12.1 Å². The number of carbonyl (C=O) groups excluding carboxylic acids is 1. The Labute approximate surface area is 131 Å². The molecule has 0 bridgehead atoms. The zero-order valence-corrected chi connectivity index (χ0v) is 13.8. The molecule has 0 aliphatic heterocycles. The third kappa shape index (κ3) is 5.05. The number of hydrogen-bond donors (Lipinski definition) is 0. The third-order valence-electron chi connectivity index (χ3n) is 4.44. The minimum absolute atomic E-state index is 0.397. The van der Waals surface area contributed by atoms with Crippen molar-refractivity contribution < 1.29 is 4.79 Å². The Balaban J connectivity index is 1.72. The molecule has 0 atom stereocenters. The van der Waals surface area contributed by atoms with Gasteiger partial charge in [-0.15, -0.1) is 0 Å². The molecule has 0 spiro atoms. The molecule has 1 saturated carbocycles. The first-order chi connectivity index (χ1) is 9.79. The molecule has 1 nitrogen and oxygen atoms in total. The number of carbonyl (C=O) groups is 1. The molecule has 110 valence electrons. The molecule has 2 rings (SSSR count). The molecule has 1 aliphatic carbocycles. The maximum atomic E-state index is 12.1. The second-order valence-electron chi connectivity index (χ2n) is 6.01. The van der Waals surface area contributed by atoms with E-state index < -0.39 is 0 Å². The average Bonchev–Trinajstić information content (AvgIpc) is 2.49. The molecule has 1 aromatic carbocycles. The van der Waals surface area contributed by atoms with Gasteiger partial charge in [0.25, 0.3) is 0 Å². The van der Waals surface area contributed by atoms with Gasteiger partial charge in [-0.2, -0.15) is 0 Å². The predicted octanol–water partition coefficient (Wildman–Crippen LogP) is 5.44. The molecule has 1 aromatic rings. The molecule has 0 amide bonds. The molecular weight excluding hydrogens is 312 g/mol. The topological polar surface area (TPSA) is 17.1 Å². The second kappa shape index (κ2) is 8.61. The normalized spacial score (nSPS) is 16.2. The summed E-state index contributed by atoms with van der Waals surface area (Å²) in [6, 6.07) is 8.24. The highest BCUT2D eigenvalue weighted by atomic mass is 79.9. The van der Waals surface area contributed by atoms with Crippen molar-refractivity contribution in [3.05, 3.63) is 35.4 Å². The summed E-state index contributed by atoms with van der Waals surface area (Å²) in [5, 5.41) is 0.832. The lowest BCUT2D eigenvalue weighted by molar-refractivity contribution is -0.118. The van der Waals surface area contributed by atoms with Crippen LogP contribution in [-0.2, 0) is 16.5 Å². The quantitative estimate of drug-likeness (QED) is 0.605. The van der Waals surface area contributed by atoms with Crippen LogP contribution >= 0.6 is 15.9 Å². The molecule has 1 aliphatic rings. The van der Waals surface area contributed by atoms with E-state index in [1.54, 1.807) is 0 Å². The average molecular weight is 337 g/mol. The Morgan fingerprint density at radius 3 is 2.50 bits per heavy atom. The predicted molar refractivity (Wildman–Crippen MR) is 88.2 cm³/mol. The van der Waals surface area contributed by atoms with E-state index in [1.165, 1.54) is 49.7 Å². The summed E-state index contributed by atoms with van der Waals surface area (Å²) in [5.74, 6) is 1.29. The van der Waals surface area contributed by atoms with Gasteiger partial charge in [-0.3, -0.25) is 4.79 Å². The van der Waals surface area contributed by atoms with Crippen molar-refractivity contribution in [2.24, 2.45) is 5.92 Å². The lowest BCUT2D eigenvalue weighted by atomic mass is 9.85. The van der Waals surface area contributed by atoms with Gasteiger partial charge in [0, 0.05) is 18.2 Å². The molecule has 1 fully saturated rings. The van der Waals surface area contributed by atoms with Gasteiger partial charge in [-0.1, -0.05) is 78.7 Å². The van der Waals surface area contributed by atoms with Crippen LogP contribution in [0.2, 0.25) is 0 Å². The Hall–Kier alpha value is -0.630. The van der Waals surface area contributed by atoms with Crippen LogP contribution in [0.5, 0.6) is 0 Å². The van der Waals surface area contributed by atoms with Crippen LogP contribution in [-0.4, -0.2) is 5.78 Å². The fourth-order valence-electron chi connectivity index (χ4n) is 3.22. The van der Waals surface area contributed by atoms with E-state index in [4.69, 9.17) is 0 Å². The van der Waals surface area contributed by atoms with E-state index >= 15 is 0 Å². The van der Waals surface area contributed by atoms with Crippen LogP contribution in [0.3, 0.4) is 0 Å². The second-order valence-corrected chi connectivity index (χ2v) is 6.57. The number of halogens is 1. The summed E-state index contributed by atoms with van der Waals surface area (Å²) >= 11 is 3.49. The van der Waals surface area contributed by atoms with Crippen molar-refractivity contribution in [2.75, 3.05) is 0 Å². The van der Waals surface area contributed by atoms with Crippen molar-refractivity contribution in [2.45, 2.75) is 63.1 Å². The molecular formula is C18H25BrO. The first-order valence-electron chi connectivity index (χ1n) is 7.94. The zero-order valence-electron chi connectivity index (χ0n) is 12.2. The number of alkyl halides is 1. The fraction of sp³-hybridized carbons (Fsp3) is 0.611. The van der Waals surface area contributed by atoms with Gasteiger partial charge in [0.15, 0.2) is 0 Å². The molecule has 20 heavy (non-hydrogen) atoms. The van der Waals surface area contributed by atoms with Crippen LogP contribution in [0, 0.1) is 5.92 Å². The SMILES string of the molecule is O=C(CCCC1CCCCC1)Cc1ccccc1CBr. The Morgan fingerprint density at radius 2 is 1.80 bits per heavy atom. The highest BCUT2D eigenvalue weighted by Crippen LogP contribution is 2.27. The summed E-state index contributed by atoms with van der Waals surface area (Å²) < 4.78 is 0. The monoisotopic (exact) mass is 336 g/mol. The first-order valence-corrected chi connectivity index (χ1v) is 9.06.